The number of halogens is 2. The van der Waals surface area contributed by atoms with E-state index in [0.717, 1.165) is 0 Å². The first-order chi connectivity index (χ1) is 9.97. The number of benzene rings is 1. The maximum atomic E-state index is 11.8. The summed E-state index contributed by atoms with van der Waals surface area (Å²) in [6.45, 7) is 1.22. The Bertz CT molecular complexity index is 685. The van der Waals surface area contributed by atoms with Crippen LogP contribution in [0, 0.1) is 6.92 Å². The van der Waals surface area contributed by atoms with E-state index in [-0.39, 0.29) is 21.5 Å². The molecule has 1 N–H and O–H groups in total. The van der Waals surface area contributed by atoms with Crippen LogP contribution in [0.2, 0.25) is 10.0 Å². The Balaban J connectivity index is 1.92. The third-order valence-corrected chi connectivity index (χ3v) is 3.22. The predicted molar refractivity (Wildman–Crippen MR) is 76.6 cm³/mol. The fourth-order valence-corrected chi connectivity index (χ4v) is 1.84. The molecule has 0 aliphatic carbocycles. The zero-order chi connectivity index (χ0) is 15.4. The highest BCUT2D eigenvalue weighted by Gasteiger charge is 2.16. The van der Waals surface area contributed by atoms with Gasteiger partial charge in [0.15, 0.2) is 6.61 Å². The fraction of sp³-hybridized carbons (Fsp3) is 0.154. The van der Waals surface area contributed by atoms with Crippen molar-refractivity contribution in [2.45, 2.75) is 6.92 Å². The number of esters is 1. The number of carbonyl (C=O) groups is 2. The summed E-state index contributed by atoms with van der Waals surface area (Å²) >= 11 is 11.7. The molecule has 0 aliphatic rings. The van der Waals surface area contributed by atoms with Crippen molar-refractivity contribution in [3.8, 4) is 0 Å². The van der Waals surface area contributed by atoms with Crippen molar-refractivity contribution in [2.24, 2.45) is 0 Å². The van der Waals surface area contributed by atoms with E-state index in [1.807, 2.05) is 0 Å². The lowest BCUT2D eigenvalue weighted by molar-refractivity contribution is -0.119. The van der Waals surface area contributed by atoms with Crippen LogP contribution in [0.5, 0.6) is 0 Å². The second kappa shape index (κ2) is 6.60. The summed E-state index contributed by atoms with van der Waals surface area (Å²) in [4.78, 5) is 23.4. The van der Waals surface area contributed by atoms with Crippen LogP contribution in [0.15, 0.2) is 28.8 Å². The number of anilines is 1. The van der Waals surface area contributed by atoms with Gasteiger partial charge in [0, 0.05) is 6.07 Å². The molecule has 0 saturated heterocycles. The maximum Gasteiger partial charge on any atom is 0.340 e. The van der Waals surface area contributed by atoms with Crippen LogP contribution >= 0.6 is 23.2 Å². The first-order valence-corrected chi connectivity index (χ1v) is 6.57. The minimum Gasteiger partial charge on any atom is -0.452 e. The largest absolute Gasteiger partial charge is 0.452 e. The molecule has 6 nitrogen and oxygen atoms in total. The van der Waals surface area contributed by atoms with Gasteiger partial charge in [-0.15, -0.1) is 0 Å². The van der Waals surface area contributed by atoms with Crippen LogP contribution in [-0.2, 0) is 9.53 Å². The standard InChI is InChI=1S/C13H10Cl2N2O4/c1-7-5-11(21-17-7)16-10(18)6-20-13(19)8-3-2-4-9(14)12(8)15/h2-5H,6H2,1H3,(H,16,18). The van der Waals surface area contributed by atoms with Gasteiger partial charge in [0.1, 0.15) is 0 Å². The Morgan fingerprint density at radius 2 is 2.14 bits per heavy atom. The van der Waals surface area contributed by atoms with E-state index in [2.05, 4.69) is 10.5 Å². The summed E-state index contributed by atoms with van der Waals surface area (Å²) in [7, 11) is 0. The Morgan fingerprint density at radius 3 is 2.81 bits per heavy atom. The molecule has 2 rings (SSSR count). The number of ether oxygens (including phenoxy) is 1. The number of rotatable bonds is 4. The van der Waals surface area contributed by atoms with Crippen LogP contribution in [0.3, 0.4) is 0 Å². The van der Waals surface area contributed by atoms with Gasteiger partial charge in [0.25, 0.3) is 5.91 Å². The summed E-state index contributed by atoms with van der Waals surface area (Å²) in [5.41, 5.74) is 0.709. The Hall–Kier alpha value is -2.05. The number of amides is 1. The van der Waals surface area contributed by atoms with Gasteiger partial charge in [-0.2, -0.15) is 0 Å². The maximum absolute atomic E-state index is 11.8. The SMILES string of the molecule is Cc1cc(NC(=O)COC(=O)c2cccc(Cl)c2Cl)on1. The lowest BCUT2D eigenvalue weighted by atomic mass is 10.2. The smallest absolute Gasteiger partial charge is 0.340 e. The average Bonchev–Trinajstić information content (AvgIpc) is 2.84. The number of nitrogens with one attached hydrogen (secondary N) is 1. The number of nitrogens with zero attached hydrogens (tertiary/aromatic N) is 1. The van der Waals surface area contributed by atoms with E-state index < -0.39 is 18.5 Å². The molecule has 1 heterocycles. The molecule has 2 aromatic rings. The highest BCUT2D eigenvalue weighted by molar-refractivity contribution is 6.43. The minimum absolute atomic E-state index is 0.0791. The van der Waals surface area contributed by atoms with Gasteiger partial charge in [-0.1, -0.05) is 34.4 Å². The Kier molecular flexibility index (Phi) is 4.82. The molecule has 0 aliphatic heterocycles. The van der Waals surface area contributed by atoms with E-state index in [1.165, 1.54) is 12.1 Å². The van der Waals surface area contributed by atoms with E-state index in [4.69, 9.17) is 32.5 Å². The molecule has 21 heavy (non-hydrogen) atoms. The van der Waals surface area contributed by atoms with Crippen molar-refractivity contribution in [1.29, 1.82) is 0 Å². The van der Waals surface area contributed by atoms with E-state index in [0.29, 0.717) is 5.69 Å². The monoisotopic (exact) mass is 328 g/mol. The molecule has 1 amide bonds. The van der Waals surface area contributed by atoms with Crippen molar-refractivity contribution < 1.29 is 18.8 Å². The first kappa shape index (κ1) is 15.3. The average molecular weight is 329 g/mol. The highest BCUT2D eigenvalue weighted by Crippen LogP contribution is 2.25. The normalized spacial score (nSPS) is 10.2. The van der Waals surface area contributed by atoms with Gasteiger partial charge in [0.05, 0.1) is 21.3 Å². The predicted octanol–water partition coefficient (Wildman–Crippen LogP) is 3.09. The Labute approximate surface area is 130 Å². The molecular weight excluding hydrogens is 319 g/mol. The van der Waals surface area contributed by atoms with E-state index in [9.17, 15) is 9.59 Å². The molecule has 1 aromatic heterocycles. The fourth-order valence-electron chi connectivity index (χ4n) is 1.47. The molecular formula is C13H10Cl2N2O4. The summed E-state index contributed by atoms with van der Waals surface area (Å²) in [5.74, 6) is -1.13. The summed E-state index contributed by atoms with van der Waals surface area (Å²) < 4.78 is 9.65. The molecule has 0 fully saturated rings. The van der Waals surface area contributed by atoms with Gasteiger partial charge in [-0.3, -0.25) is 10.1 Å². The number of carbonyl (C=O) groups excluding carboxylic acids is 2. The van der Waals surface area contributed by atoms with E-state index in [1.54, 1.807) is 19.1 Å². The highest BCUT2D eigenvalue weighted by atomic mass is 35.5. The number of aryl methyl sites for hydroxylation is 1. The summed E-state index contributed by atoms with van der Waals surface area (Å²) in [5, 5.41) is 6.30. The minimum atomic E-state index is -0.744. The summed E-state index contributed by atoms with van der Waals surface area (Å²) in [6, 6.07) is 6.09. The van der Waals surface area contributed by atoms with Crippen molar-refractivity contribution in [3.05, 3.63) is 45.6 Å². The molecule has 0 radical (unpaired) electrons. The zero-order valence-corrected chi connectivity index (χ0v) is 12.4. The van der Waals surface area contributed by atoms with Crippen molar-refractivity contribution >= 4 is 41.0 Å². The summed E-state index contributed by atoms with van der Waals surface area (Å²) in [6.07, 6.45) is 0. The van der Waals surface area contributed by atoms with Crippen molar-refractivity contribution in [3.63, 3.8) is 0 Å². The number of aromatic nitrogens is 1. The molecule has 0 spiro atoms. The van der Waals surface area contributed by atoms with Crippen molar-refractivity contribution in [2.75, 3.05) is 11.9 Å². The molecule has 110 valence electrons. The molecule has 1 aromatic carbocycles. The van der Waals surface area contributed by atoms with Gasteiger partial charge in [-0.25, -0.2) is 4.79 Å². The van der Waals surface area contributed by atoms with Gasteiger partial charge >= 0.3 is 5.97 Å². The molecule has 0 atom stereocenters. The topological polar surface area (TPSA) is 81.4 Å². The van der Waals surface area contributed by atoms with Crippen LogP contribution in [0.1, 0.15) is 16.1 Å². The quantitative estimate of drug-likeness (QED) is 0.872. The number of hydrogen-bond donors (Lipinski definition) is 1. The van der Waals surface area contributed by atoms with E-state index >= 15 is 0 Å². The third-order valence-electron chi connectivity index (χ3n) is 2.40. The lowest BCUT2D eigenvalue weighted by Crippen LogP contribution is -2.20. The van der Waals surface area contributed by atoms with Gasteiger partial charge < -0.3 is 9.26 Å². The lowest BCUT2D eigenvalue weighted by Gasteiger charge is -2.06. The van der Waals surface area contributed by atoms with Crippen molar-refractivity contribution in [1.82, 2.24) is 5.16 Å². The third kappa shape index (κ3) is 3.96. The zero-order valence-electron chi connectivity index (χ0n) is 10.9. The second-order valence-corrected chi connectivity index (χ2v) is 4.84. The Morgan fingerprint density at radius 1 is 1.38 bits per heavy atom. The first-order valence-electron chi connectivity index (χ1n) is 5.81. The van der Waals surface area contributed by atoms with Gasteiger partial charge in [0.2, 0.25) is 5.88 Å². The number of hydrogen-bond acceptors (Lipinski definition) is 5. The second-order valence-electron chi connectivity index (χ2n) is 4.06. The van der Waals surface area contributed by atoms with Gasteiger partial charge in [-0.05, 0) is 19.1 Å². The van der Waals surface area contributed by atoms with Crippen LogP contribution in [0.4, 0.5) is 5.88 Å². The molecule has 0 unspecified atom stereocenters. The molecule has 8 heteroatoms. The molecule has 0 bridgehead atoms. The van der Waals surface area contributed by atoms with Crippen LogP contribution in [0.25, 0.3) is 0 Å². The van der Waals surface area contributed by atoms with Crippen LogP contribution < -0.4 is 5.32 Å². The molecule has 0 saturated carbocycles. The van der Waals surface area contributed by atoms with Crippen LogP contribution in [-0.4, -0.2) is 23.6 Å².